The highest BCUT2D eigenvalue weighted by Crippen LogP contribution is 2.23. The third-order valence-electron chi connectivity index (χ3n) is 2.17. The molecule has 0 saturated carbocycles. The molecule has 1 rings (SSSR count). The van der Waals surface area contributed by atoms with Crippen LogP contribution in [0.1, 0.15) is 16.8 Å². The van der Waals surface area contributed by atoms with Crippen molar-refractivity contribution < 1.29 is 31.7 Å². The highest BCUT2D eigenvalue weighted by molar-refractivity contribution is 5.98. The molecule has 0 radical (unpaired) electrons. The van der Waals surface area contributed by atoms with Crippen molar-refractivity contribution in [2.24, 2.45) is 0 Å². The topological polar surface area (TPSA) is 72.2 Å². The summed E-state index contributed by atoms with van der Waals surface area (Å²) in [7, 11) is 0. The molecule has 1 N–H and O–H groups in total. The summed E-state index contributed by atoms with van der Waals surface area (Å²) in [5, 5.41) is 12.3. The van der Waals surface area contributed by atoms with Crippen molar-refractivity contribution in [1.82, 2.24) is 5.32 Å². The normalized spacial score (nSPS) is 11.2. The van der Waals surface area contributed by atoms with E-state index < -0.39 is 52.9 Å². The molecule has 110 valence electrons. The number of nitro groups is 1. The molecule has 0 aliphatic carbocycles. The number of benzene rings is 1. The van der Waals surface area contributed by atoms with Crippen molar-refractivity contribution in [3.8, 4) is 0 Å². The van der Waals surface area contributed by atoms with Gasteiger partial charge in [-0.15, -0.1) is 0 Å². The van der Waals surface area contributed by atoms with Gasteiger partial charge >= 0.3 is 6.18 Å². The molecular formula is C10H7F5N2O3. The van der Waals surface area contributed by atoms with Gasteiger partial charge in [0.15, 0.2) is 11.6 Å². The summed E-state index contributed by atoms with van der Waals surface area (Å²) in [6, 6.07) is 0.449. The molecular weight excluding hydrogens is 291 g/mol. The highest BCUT2D eigenvalue weighted by atomic mass is 19.4. The lowest BCUT2D eigenvalue weighted by Gasteiger charge is -2.08. The lowest BCUT2D eigenvalue weighted by molar-refractivity contribution is -0.385. The Morgan fingerprint density at radius 3 is 2.30 bits per heavy atom. The maximum atomic E-state index is 12.9. The zero-order valence-electron chi connectivity index (χ0n) is 9.63. The Labute approximate surface area is 108 Å². The monoisotopic (exact) mass is 298 g/mol. The summed E-state index contributed by atoms with van der Waals surface area (Å²) in [5.74, 6) is -4.35. The van der Waals surface area contributed by atoms with E-state index in [4.69, 9.17) is 0 Å². The summed E-state index contributed by atoms with van der Waals surface area (Å²) in [5.41, 5.74) is -1.88. The second-order valence-corrected chi connectivity index (χ2v) is 3.66. The Bertz CT molecular complexity index is 544. The van der Waals surface area contributed by atoms with Crippen molar-refractivity contribution in [3.05, 3.63) is 39.4 Å². The molecule has 20 heavy (non-hydrogen) atoms. The number of carbonyl (C=O) groups excluding carboxylic acids is 1. The first kappa shape index (κ1) is 15.8. The van der Waals surface area contributed by atoms with Crippen LogP contribution in [0.2, 0.25) is 0 Å². The van der Waals surface area contributed by atoms with Crippen LogP contribution in [0.25, 0.3) is 0 Å². The van der Waals surface area contributed by atoms with Crippen molar-refractivity contribution in [1.29, 1.82) is 0 Å². The van der Waals surface area contributed by atoms with Crippen LogP contribution in [0, 0.1) is 21.7 Å². The van der Waals surface area contributed by atoms with Crippen LogP contribution in [-0.4, -0.2) is 23.6 Å². The van der Waals surface area contributed by atoms with Gasteiger partial charge in [0.2, 0.25) is 0 Å². The molecule has 0 aliphatic heterocycles. The van der Waals surface area contributed by atoms with Crippen LogP contribution in [0.3, 0.4) is 0 Å². The van der Waals surface area contributed by atoms with Gasteiger partial charge in [-0.3, -0.25) is 14.9 Å². The summed E-state index contributed by atoms with van der Waals surface area (Å²) in [4.78, 5) is 20.9. The predicted molar refractivity (Wildman–Crippen MR) is 56.0 cm³/mol. The number of nitro benzene ring substituents is 1. The fourth-order valence-corrected chi connectivity index (χ4v) is 1.28. The second kappa shape index (κ2) is 5.80. The van der Waals surface area contributed by atoms with Crippen LogP contribution in [0.5, 0.6) is 0 Å². The van der Waals surface area contributed by atoms with Gasteiger partial charge in [0.1, 0.15) is 5.56 Å². The predicted octanol–water partition coefficient (Wildman–Crippen LogP) is 2.56. The fourth-order valence-electron chi connectivity index (χ4n) is 1.28. The molecule has 0 atom stereocenters. The average Bonchev–Trinajstić information content (AvgIpc) is 2.29. The molecule has 1 aromatic rings. The Morgan fingerprint density at radius 1 is 1.25 bits per heavy atom. The zero-order valence-corrected chi connectivity index (χ0v) is 9.63. The fraction of sp³-hybridized carbons (Fsp3) is 0.300. The third kappa shape index (κ3) is 4.14. The molecule has 0 aromatic heterocycles. The molecule has 0 saturated heterocycles. The van der Waals surface area contributed by atoms with E-state index in [-0.39, 0.29) is 12.1 Å². The minimum absolute atomic E-state index is 0.188. The Kier molecular flexibility index (Phi) is 4.58. The number of rotatable bonds is 4. The molecule has 0 heterocycles. The highest BCUT2D eigenvalue weighted by Gasteiger charge is 2.28. The van der Waals surface area contributed by atoms with Gasteiger partial charge < -0.3 is 5.32 Å². The molecule has 0 bridgehead atoms. The third-order valence-corrected chi connectivity index (χ3v) is 2.17. The van der Waals surface area contributed by atoms with Gasteiger partial charge in [0.25, 0.3) is 11.6 Å². The summed E-state index contributed by atoms with van der Waals surface area (Å²) < 4.78 is 61.4. The van der Waals surface area contributed by atoms with Gasteiger partial charge in [-0.1, -0.05) is 0 Å². The number of amides is 1. The summed E-state index contributed by atoms with van der Waals surface area (Å²) in [6.07, 6.45) is -5.87. The first-order chi connectivity index (χ1) is 9.11. The molecule has 1 aromatic carbocycles. The standard InChI is InChI=1S/C10H7F5N2O3/c11-6-3-5(8(17(19)20)4-7(6)12)9(18)16-2-1-10(13,14)15/h3-4H,1-2H2,(H,16,18). The van der Waals surface area contributed by atoms with E-state index in [0.717, 1.165) is 0 Å². The number of nitrogens with one attached hydrogen (secondary N) is 1. The smallest absolute Gasteiger partial charge is 0.351 e. The second-order valence-electron chi connectivity index (χ2n) is 3.66. The van der Waals surface area contributed by atoms with Crippen LogP contribution >= 0.6 is 0 Å². The van der Waals surface area contributed by atoms with E-state index in [9.17, 15) is 36.9 Å². The van der Waals surface area contributed by atoms with E-state index in [1.807, 2.05) is 0 Å². The molecule has 0 spiro atoms. The van der Waals surface area contributed by atoms with Gasteiger partial charge in [-0.05, 0) is 6.07 Å². The van der Waals surface area contributed by atoms with Gasteiger partial charge in [-0.25, -0.2) is 8.78 Å². The van der Waals surface area contributed by atoms with Gasteiger partial charge in [0.05, 0.1) is 17.4 Å². The zero-order chi connectivity index (χ0) is 15.5. The number of alkyl halides is 3. The maximum Gasteiger partial charge on any atom is 0.390 e. The van der Waals surface area contributed by atoms with Crippen molar-refractivity contribution >= 4 is 11.6 Å². The maximum absolute atomic E-state index is 12.9. The molecule has 10 heteroatoms. The number of halogens is 5. The molecule has 1 amide bonds. The first-order valence-corrected chi connectivity index (χ1v) is 5.10. The van der Waals surface area contributed by atoms with Crippen molar-refractivity contribution in [3.63, 3.8) is 0 Å². The largest absolute Gasteiger partial charge is 0.390 e. The Morgan fingerprint density at radius 2 is 1.80 bits per heavy atom. The van der Waals surface area contributed by atoms with Crippen LogP contribution in [-0.2, 0) is 0 Å². The van der Waals surface area contributed by atoms with Crippen LogP contribution in [0.4, 0.5) is 27.6 Å². The SMILES string of the molecule is O=C(NCCC(F)(F)F)c1cc(F)c(F)cc1[N+](=O)[O-]. The summed E-state index contributed by atoms with van der Waals surface area (Å²) in [6.45, 7) is -0.835. The lowest BCUT2D eigenvalue weighted by atomic mass is 10.1. The number of hydrogen-bond acceptors (Lipinski definition) is 3. The lowest BCUT2D eigenvalue weighted by Crippen LogP contribution is -2.28. The quantitative estimate of drug-likeness (QED) is 0.527. The van der Waals surface area contributed by atoms with E-state index in [1.165, 1.54) is 0 Å². The van der Waals surface area contributed by atoms with E-state index in [1.54, 1.807) is 5.32 Å². The van der Waals surface area contributed by atoms with E-state index in [2.05, 4.69) is 0 Å². The Balaban J connectivity index is 2.92. The number of carbonyl (C=O) groups is 1. The van der Waals surface area contributed by atoms with Crippen molar-refractivity contribution in [2.75, 3.05) is 6.54 Å². The minimum Gasteiger partial charge on any atom is -0.351 e. The molecule has 0 aliphatic rings. The van der Waals surface area contributed by atoms with Crippen molar-refractivity contribution in [2.45, 2.75) is 12.6 Å². The molecule has 5 nitrogen and oxygen atoms in total. The number of nitrogens with zero attached hydrogens (tertiary/aromatic N) is 1. The van der Waals surface area contributed by atoms with Crippen LogP contribution in [0.15, 0.2) is 12.1 Å². The summed E-state index contributed by atoms with van der Waals surface area (Å²) >= 11 is 0. The minimum atomic E-state index is -4.52. The number of hydrogen-bond donors (Lipinski definition) is 1. The average molecular weight is 298 g/mol. The van der Waals surface area contributed by atoms with E-state index in [0.29, 0.717) is 0 Å². The molecule has 0 unspecified atom stereocenters. The van der Waals surface area contributed by atoms with E-state index >= 15 is 0 Å². The van der Waals surface area contributed by atoms with Gasteiger partial charge in [-0.2, -0.15) is 13.2 Å². The van der Waals surface area contributed by atoms with Crippen LogP contribution < -0.4 is 5.32 Å². The van der Waals surface area contributed by atoms with Gasteiger partial charge in [0, 0.05) is 6.54 Å². The Hall–Kier alpha value is -2.26. The molecule has 0 fully saturated rings. The first-order valence-electron chi connectivity index (χ1n) is 5.10.